The summed E-state index contributed by atoms with van der Waals surface area (Å²) in [5.74, 6) is -0.955. The van der Waals surface area contributed by atoms with Crippen molar-refractivity contribution >= 4 is 5.97 Å². The summed E-state index contributed by atoms with van der Waals surface area (Å²) >= 11 is 0. The molecule has 54 valence electrons. The van der Waals surface area contributed by atoms with E-state index in [4.69, 9.17) is 15.6 Å². The number of hydrogen-bond acceptors (Lipinski definition) is 3. The molecular weight excluding hydrogens is 122 g/mol. The van der Waals surface area contributed by atoms with Crippen LogP contribution in [0.3, 0.4) is 0 Å². The van der Waals surface area contributed by atoms with Crippen molar-refractivity contribution < 1.29 is 14.6 Å². The third kappa shape index (κ3) is 3.93. The number of carboxylic acid groups (broad SMARTS) is 1. The molecule has 4 nitrogen and oxygen atoms in total. The number of carboxylic acids is 1. The van der Waals surface area contributed by atoms with Gasteiger partial charge in [0.15, 0.2) is 6.10 Å². The van der Waals surface area contributed by atoms with Crippen LogP contribution in [0.15, 0.2) is 0 Å². The van der Waals surface area contributed by atoms with Gasteiger partial charge in [0.25, 0.3) is 0 Å². The zero-order chi connectivity index (χ0) is 7.28. The van der Waals surface area contributed by atoms with E-state index in [1.165, 1.54) is 6.92 Å². The van der Waals surface area contributed by atoms with Crippen molar-refractivity contribution in [3.05, 3.63) is 0 Å². The lowest BCUT2D eigenvalue weighted by molar-refractivity contribution is -0.148. The average Bonchev–Trinajstić information content (AvgIpc) is 1.82. The minimum atomic E-state index is -0.955. The molecule has 0 aliphatic carbocycles. The van der Waals surface area contributed by atoms with Crippen LogP contribution >= 0.6 is 0 Å². The Morgan fingerprint density at radius 3 is 2.78 bits per heavy atom. The number of nitrogens with two attached hydrogens (primary N) is 1. The lowest BCUT2D eigenvalue weighted by Crippen LogP contribution is -2.23. The Morgan fingerprint density at radius 1 is 1.89 bits per heavy atom. The van der Waals surface area contributed by atoms with Crippen molar-refractivity contribution in [2.45, 2.75) is 13.0 Å². The highest BCUT2D eigenvalue weighted by Crippen LogP contribution is 1.87. The van der Waals surface area contributed by atoms with Crippen molar-refractivity contribution in [3.63, 3.8) is 0 Å². The quantitative estimate of drug-likeness (QED) is 0.539. The Hall–Kier alpha value is -0.610. The third-order valence-corrected chi connectivity index (χ3v) is 0.833. The van der Waals surface area contributed by atoms with E-state index in [0.29, 0.717) is 13.2 Å². The highest BCUT2D eigenvalue weighted by molar-refractivity contribution is 5.71. The van der Waals surface area contributed by atoms with Crippen molar-refractivity contribution in [2.75, 3.05) is 13.2 Å². The van der Waals surface area contributed by atoms with Crippen LogP contribution in [-0.2, 0) is 9.53 Å². The molecule has 0 rings (SSSR count). The van der Waals surface area contributed by atoms with E-state index in [2.05, 4.69) is 0 Å². The summed E-state index contributed by atoms with van der Waals surface area (Å²) in [6.07, 6.45) is -0.742. The van der Waals surface area contributed by atoms with Crippen molar-refractivity contribution in [1.82, 2.24) is 0 Å². The zero-order valence-corrected chi connectivity index (χ0v) is 5.33. The fourth-order valence-corrected chi connectivity index (χ4v) is 0.316. The molecule has 0 saturated heterocycles. The van der Waals surface area contributed by atoms with Crippen LogP contribution in [0, 0.1) is 0 Å². The molecule has 0 aromatic heterocycles. The van der Waals surface area contributed by atoms with Crippen LogP contribution in [0.25, 0.3) is 0 Å². The minimum absolute atomic E-state index is 0.299. The van der Waals surface area contributed by atoms with Gasteiger partial charge in [0.1, 0.15) is 0 Å². The second-order valence-electron chi connectivity index (χ2n) is 1.64. The lowest BCUT2D eigenvalue weighted by atomic mass is 10.4. The maximum Gasteiger partial charge on any atom is 0.332 e. The Morgan fingerprint density at radius 2 is 2.44 bits per heavy atom. The first-order valence-electron chi connectivity index (χ1n) is 2.73. The molecule has 0 amide bonds. The SMILES string of the molecule is CC(OCCN)C(=O)O. The summed E-state index contributed by atoms with van der Waals surface area (Å²) in [6.45, 7) is 2.13. The summed E-state index contributed by atoms with van der Waals surface area (Å²) in [7, 11) is 0. The molecule has 9 heavy (non-hydrogen) atoms. The predicted octanol–water partition coefficient (Wildman–Crippen LogP) is -0.565. The highest BCUT2D eigenvalue weighted by Gasteiger charge is 2.08. The fourth-order valence-electron chi connectivity index (χ4n) is 0.316. The fraction of sp³-hybridized carbons (Fsp3) is 0.800. The molecule has 0 fully saturated rings. The van der Waals surface area contributed by atoms with E-state index in [1.807, 2.05) is 0 Å². The molecule has 0 heterocycles. The van der Waals surface area contributed by atoms with Gasteiger partial charge in [-0.1, -0.05) is 0 Å². The summed E-state index contributed by atoms with van der Waals surface area (Å²) in [5, 5.41) is 8.24. The van der Waals surface area contributed by atoms with E-state index < -0.39 is 12.1 Å². The van der Waals surface area contributed by atoms with Gasteiger partial charge in [-0.2, -0.15) is 0 Å². The number of hydrogen-bond donors (Lipinski definition) is 2. The van der Waals surface area contributed by atoms with Gasteiger partial charge < -0.3 is 15.6 Å². The number of rotatable bonds is 4. The highest BCUT2D eigenvalue weighted by atomic mass is 16.5. The van der Waals surface area contributed by atoms with E-state index in [1.54, 1.807) is 0 Å². The molecule has 1 atom stereocenters. The first kappa shape index (κ1) is 8.39. The largest absolute Gasteiger partial charge is 0.479 e. The van der Waals surface area contributed by atoms with Gasteiger partial charge in [0.05, 0.1) is 6.61 Å². The molecule has 0 aliphatic heterocycles. The predicted molar refractivity (Wildman–Crippen MR) is 32.1 cm³/mol. The van der Waals surface area contributed by atoms with Gasteiger partial charge >= 0.3 is 5.97 Å². The minimum Gasteiger partial charge on any atom is -0.479 e. The Balaban J connectivity index is 3.27. The summed E-state index contributed by atoms with van der Waals surface area (Å²) in [5.41, 5.74) is 5.06. The molecule has 0 aromatic rings. The zero-order valence-electron chi connectivity index (χ0n) is 5.33. The third-order valence-electron chi connectivity index (χ3n) is 0.833. The van der Waals surface area contributed by atoms with Crippen molar-refractivity contribution in [2.24, 2.45) is 5.73 Å². The van der Waals surface area contributed by atoms with Gasteiger partial charge in [-0.15, -0.1) is 0 Å². The van der Waals surface area contributed by atoms with Crippen LogP contribution < -0.4 is 5.73 Å². The van der Waals surface area contributed by atoms with Crippen LogP contribution in [0.1, 0.15) is 6.92 Å². The van der Waals surface area contributed by atoms with Crippen LogP contribution in [-0.4, -0.2) is 30.3 Å². The normalized spacial score (nSPS) is 13.1. The van der Waals surface area contributed by atoms with Crippen LogP contribution in [0.4, 0.5) is 0 Å². The number of ether oxygens (including phenoxy) is 1. The summed E-state index contributed by atoms with van der Waals surface area (Å²) in [4.78, 5) is 10.0. The van der Waals surface area contributed by atoms with Crippen molar-refractivity contribution in [1.29, 1.82) is 0 Å². The molecule has 3 N–H and O–H groups in total. The van der Waals surface area contributed by atoms with E-state index >= 15 is 0 Å². The summed E-state index contributed by atoms with van der Waals surface area (Å²) in [6, 6.07) is 0. The maximum absolute atomic E-state index is 10.0. The molecule has 1 unspecified atom stereocenters. The van der Waals surface area contributed by atoms with Gasteiger partial charge in [0, 0.05) is 6.54 Å². The van der Waals surface area contributed by atoms with E-state index in [0.717, 1.165) is 0 Å². The van der Waals surface area contributed by atoms with E-state index in [9.17, 15) is 4.79 Å². The monoisotopic (exact) mass is 133 g/mol. The Labute approximate surface area is 53.6 Å². The molecule has 0 saturated carbocycles. The average molecular weight is 133 g/mol. The second-order valence-corrected chi connectivity index (χ2v) is 1.64. The maximum atomic E-state index is 10.0. The topological polar surface area (TPSA) is 72.5 Å². The Kier molecular flexibility index (Phi) is 4.00. The molecular formula is C5H11NO3. The number of carbonyl (C=O) groups is 1. The summed E-state index contributed by atoms with van der Waals surface area (Å²) < 4.78 is 4.73. The van der Waals surface area contributed by atoms with Gasteiger partial charge in [0.2, 0.25) is 0 Å². The van der Waals surface area contributed by atoms with Gasteiger partial charge in [-0.25, -0.2) is 4.79 Å². The van der Waals surface area contributed by atoms with Crippen molar-refractivity contribution in [3.8, 4) is 0 Å². The first-order chi connectivity index (χ1) is 4.18. The van der Waals surface area contributed by atoms with E-state index in [-0.39, 0.29) is 0 Å². The standard InChI is InChI=1S/C5H11NO3/c1-4(5(7)8)9-3-2-6/h4H,2-3,6H2,1H3,(H,7,8). The Bertz CT molecular complexity index is 94.2. The van der Waals surface area contributed by atoms with Gasteiger partial charge in [-0.3, -0.25) is 0 Å². The molecule has 0 radical (unpaired) electrons. The second kappa shape index (κ2) is 4.29. The molecule has 4 heteroatoms. The smallest absolute Gasteiger partial charge is 0.332 e. The number of aliphatic carboxylic acids is 1. The van der Waals surface area contributed by atoms with Crippen LogP contribution in [0.2, 0.25) is 0 Å². The molecule has 0 spiro atoms. The molecule has 0 bridgehead atoms. The van der Waals surface area contributed by atoms with Gasteiger partial charge in [-0.05, 0) is 6.92 Å². The lowest BCUT2D eigenvalue weighted by Gasteiger charge is -2.05. The van der Waals surface area contributed by atoms with Crippen LogP contribution in [0.5, 0.6) is 0 Å². The molecule has 0 aliphatic rings. The molecule has 0 aromatic carbocycles. The first-order valence-corrected chi connectivity index (χ1v) is 2.73.